The summed E-state index contributed by atoms with van der Waals surface area (Å²) in [5.74, 6) is 0. The van der Waals surface area contributed by atoms with E-state index in [2.05, 4.69) is 288 Å². The molecule has 0 fully saturated rings. The molecule has 1 aromatic heterocycles. The van der Waals surface area contributed by atoms with Gasteiger partial charge in [0.1, 0.15) is 18.1 Å². The molecule has 11 rings (SSSR count). The molecule has 0 amide bonds. The van der Waals surface area contributed by atoms with Gasteiger partial charge in [-0.05, 0) is 141 Å². The summed E-state index contributed by atoms with van der Waals surface area (Å²) >= 11 is 0. The Morgan fingerprint density at radius 2 is 0.485 bits per heavy atom. The van der Waals surface area contributed by atoms with Crippen molar-refractivity contribution in [3.63, 3.8) is 0 Å². The Morgan fingerprint density at radius 3 is 0.706 bits per heavy atom. The van der Waals surface area contributed by atoms with Gasteiger partial charge in [-0.2, -0.15) is 0 Å². The number of nitrogens with zero attached hydrogens (tertiary/aromatic N) is 4. The molecule has 0 unspecified atom stereocenters. The van der Waals surface area contributed by atoms with Crippen LogP contribution in [0, 0.1) is 0 Å². The van der Waals surface area contributed by atoms with Crippen molar-refractivity contribution >= 4 is 34.1 Å². The first-order valence-electron chi connectivity index (χ1n) is 23.1. The SMILES string of the molecule is C[n+]1ccn(-c2ccc(-c3ccc(N(c4ccc(-c5ccccc5)cc4)c4ccc(-c5ccc(N(c6ccc(-c7ccccc7)cc6)c6ccc(-c7ccccc7)cc6)cc5)cc4)cc3)cc2)c1. The highest BCUT2D eigenvalue weighted by atomic mass is 15.1. The van der Waals surface area contributed by atoms with E-state index < -0.39 is 0 Å². The molecular weight excluding hydrogens is 825 g/mol. The van der Waals surface area contributed by atoms with Gasteiger partial charge in [-0.25, -0.2) is 9.13 Å². The third-order valence-electron chi connectivity index (χ3n) is 12.7. The Labute approximate surface area is 399 Å². The van der Waals surface area contributed by atoms with Gasteiger partial charge in [-0.1, -0.05) is 176 Å². The number of aryl methyl sites for hydroxylation is 1. The largest absolute Gasteiger partial charge is 0.311 e. The van der Waals surface area contributed by atoms with Crippen LogP contribution in [0.15, 0.2) is 280 Å². The summed E-state index contributed by atoms with van der Waals surface area (Å²) in [6, 6.07) is 93.8. The monoisotopic (exact) mass is 873 g/mol. The van der Waals surface area contributed by atoms with Crippen LogP contribution in [-0.2, 0) is 7.05 Å². The number of anilines is 6. The lowest BCUT2D eigenvalue weighted by Gasteiger charge is -2.27. The fourth-order valence-electron chi connectivity index (χ4n) is 9.03. The summed E-state index contributed by atoms with van der Waals surface area (Å²) in [5.41, 5.74) is 19.5. The molecule has 0 saturated heterocycles. The van der Waals surface area contributed by atoms with E-state index in [4.69, 9.17) is 0 Å². The molecule has 0 saturated carbocycles. The summed E-state index contributed by atoms with van der Waals surface area (Å²) in [7, 11) is 2.04. The topological polar surface area (TPSA) is 15.3 Å². The molecule has 324 valence electrons. The van der Waals surface area contributed by atoms with E-state index in [1.165, 1.54) is 44.5 Å². The molecule has 4 heteroatoms. The van der Waals surface area contributed by atoms with Crippen LogP contribution in [0.2, 0.25) is 0 Å². The lowest BCUT2D eigenvalue weighted by Crippen LogP contribution is -2.23. The van der Waals surface area contributed by atoms with Crippen molar-refractivity contribution in [2.24, 2.45) is 7.05 Å². The van der Waals surface area contributed by atoms with Crippen LogP contribution < -0.4 is 14.4 Å². The molecule has 68 heavy (non-hydrogen) atoms. The van der Waals surface area contributed by atoms with Gasteiger partial charge < -0.3 is 9.80 Å². The van der Waals surface area contributed by atoms with Crippen LogP contribution in [0.25, 0.3) is 61.3 Å². The fourth-order valence-corrected chi connectivity index (χ4v) is 9.03. The maximum Gasteiger partial charge on any atom is 0.248 e. The Kier molecular flexibility index (Phi) is 11.6. The number of hydrogen-bond donors (Lipinski definition) is 0. The molecule has 4 nitrogen and oxygen atoms in total. The van der Waals surface area contributed by atoms with E-state index >= 15 is 0 Å². The fraction of sp³-hybridized carbons (Fsp3) is 0.0156. The minimum atomic E-state index is 1.08. The minimum Gasteiger partial charge on any atom is -0.311 e. The molecule has 10 aromatic carbocycles. The molecule has 0 N–H and O–H groups in total. The Hall–Kier alpha value is -8.99. The summed E-state index contributed by atoms with van der Waals surface area (Å²) in [5, 5.41) is 0. The van der Waals surface area contributed by atoms with Gasteiger partial charge in [-0.3, -0.25) is 0 Å². The summed E-state index contributed by atoms with van der Waals surface area (Å²) in [6.07, 6.45) is 6.19. The van der Waals surface area contributed by atoms with E-state index in [0.29, 0.717) is 0 Å². The van der Waals surface area contributed by atoms with Gasteiger partial charge in [-0.15, -0.1) is 0 Å². The quantitative estimate of drug-likeness (QED) is 0.114. The van der Waals surface area contributed by atoms with Crippen molar-refractivity contribution in [2.45, 2.75) is 0 Å². The summed E-state index contributed by atoms with van der Waals surface area (Å²) in [6.45, 7) is 0. The van der Waals surface area contributed by atoms with Gasteiger partial charge in [0.15, 0.2) is 0 Å². The van der Waals surface area contributed by atoms with Crippen molar-refractivity contribution in [3.8, 4) is 61.3 Å². The minimum absolute atomic E-state index is 1.08. The lowest BCUT2D eigenvalue weighted by molar-refractivity contribution is -0.670. The first kappa shape index (κ1) is 41.7. The highest BCUT2D eigenvalue weighted by Crippen LogP contribution is 2.40. The van der Waals surface area contributed by atoms with E-state index in [9.17, 15) is 0 Å². The third-order valence-corrected chi connectivity index (χ3v) is 12.7. The van der Waals surface area contributed by atoms with Crippen molar-refractivity contribution in [1.82, 2.24) is 4.57 Å². The smallest absolute Gasteiger partial charge is 0.248 e. The van der Waals surface area contributed by atoms with Crippen LogP contribution >= 0.6 is 0 Å². The van der Waals surface area contributed by atoms with Gasteiger partial charge in [0.25, 0.3) is 0 Å². The standard InChI is InChI=1S/C64H49N4/c1-65-45-46-66(47-65)58-31-17-54(18-32-58)55-25-39-62(40-26-55)68(61-37-23-53(24-38-61)50-15-9-4-10-16-50)64-43-29-57(30-44-64)56-27-41-63(42-28-56)67(59-33-19-51(20-34-59)48-11-5-2-6-12-48)60-35-21-52(22-36-60)49-13-7-3-8-14-49/h2-47H,1H3/q+1. The third kappa shape index (κ3) is 8.87. The van der Waals surface area contributed by atoms with Gasteiger partial charge >= 0.3 is 0 Å². The Morgan fingerprint density at radius 1 is 0.265 bits per heavy atom. The molecule has 0 aliphatic rings. The molecule has 0 radical (unpaired) electrons. The number of hydrogen-bond acceptors (Lipinski definition) is 2. The van der Waals surface area contributed by atoms with Crippen molar-refractivity contribution in [2.75, 3.05) is 9.80 Å². The highest BCUT2D eigenvalue weighted by Gasteiger charge is 2.17. The molecule has 1 heterocycles. The summed E-state index contributed by atoms with van der Waals surface area (Å²) in [4.78, 5) is 4.67. The second-order valence-corrected chi connectivity index (χ2v) is 17.1. The van der Waals surface area contributed by atoms with Gasteiger partial charge in [0.05, 0.1) is 7.05 Å². The molecule has 0 bridgehead atoms. The van der Waals surface area contributed by atoms with Gasteiger partial charge in [0.2, 0.25) is 6.33 Å². The molecule has 0 aliphatic heterocycles. The number of imidazole rings is 1. The number of aromatic nitrogens is 2. The normalized spacial score (nSPS) is 11.0. The lowest BCUT2D eigenvalue weighted by atomic mass is 10.0. The first-order chi connectivity index (χ1) is 33.6. The molecule has 0 atom stereocenters. The summed E-state index contributed by atoms with van der Waals surface area (Å²) < 4.78 is 4.18. The van der Waals surface area contributed by atoms with E-state index in [1.807, 2.05) is 17.8 Å². The van der Waals surface area contributed by atoms with Crippen molar-refractivity contribution < 1.29 is 4.57 Å². The second-order valence-electron chi connectivity index (χ2n) is 17.1. The molecular formula is C64H49N4+. The van der Waals surface area contributed by atoms with Crippen LogP contribution in [0.5, 0.6) is 0 Å². The molecule has 0 aliphatic carbocycles. The molecule has 11 aromatic rings. The maximum atomic E-state index is 2.34. The Bertz CT molecular complexity index is 3280. The predicted octanol–water partition coefficient (Wildman–Crippen LogP) is 16.6. The van der Waals surface area contributed by atoms with Crippen LogP contribution in [0.4, 0.5) is 34.1 Å². The zero-order valence-corrected chi connectivity index (χ0v) is 37.8. The van der Waals surface area contributed by atoms with Gasteiger partial charge in [0, 0.05) is 34.1 Å². The van der Waals surface area contributed by atoms with Crippen LogP contribution in [0.3, 0.4) is 0 Å². The first-order valence-corrected chi connectivity index (χ1v) is 23.1. The van der Waals surface area contributed by atoms with E-state index in [-0.39, 0.29) is 0 Å². The van der Waals surface area contributed by atoms with Crippen molar-refractivity contribution in [1.29, 1.82) is 0 Å². The van der Waals surface area contributed by atoms with E-state index in [0.717, 1.165) is 50.9 Å². The van der Waals surface area contributed by atoms with Crippen molar-refractivity contribution in [3.05, 3.63) is 280 Å². The predicted molar refractivity (Wildman–Crippen MR) is 283 cm³/mol. The maximum absolute atomic E-state index is 2.34. The zero-order chi connectivity index (χ0) is 45.7. The second kappa shape index (κ2) is 18.9. The van der Waals surface area contributed by atoms with E-state index in [1.54, 1.807) is 0 Å². The average Bonchev–Trinajstić information content (AvgIpc) is 3.87. The highest BCUT2D eigenvalue weighted by molar-refractivity contribution is 5.83. The number of benzene rings is 10. The average molecular weight is 874 g/mol. The number of rotatable bonds is 12. The van der Waals surface area contributed by atoms with Crippen LogP contribution in [-0.4, -0.2) is 4.57 Å². The van der Waals surface area contributed by atoms with Crippen LogP contribution in [0.1, 0.15) is 0 Å². The molecule has 0 spiro atoms. The Balaban J connectivity index is 0.891. The zero-order valence-electron chi connectivity index (χ0n) is 37.8.